The molecule has 4 rings (SSSR count). The van der Waals surface area contributed by atoms with Crippen LogP contribution in [0.15, 0.2) is 0 Å². The molecule has 190 valence electrons. The molecule has 0 aromatic rings. The van der Waals surface area contributed by atoms with Crippen molar-refractivity contribution in [3.8, 4) is 0 Å². The minimum atomic E-state index is -1.03. The van der Waals surface area contributed by atoms with Gasteiger partial charge in [-0.05, 0) is 76.0 Å². The fourth-order valence-corrected chi connectivity index (χ4v) is 6.89. The number of aliphatic carboxylic acids is 1. The lowest BCUT2D eigenvalue weighted by atomic mass is 9.64. The Bertz CT molecular complexity index is 836. The highest BCUT2D eigenvalue weighted by Gasteiger charge is 2.61. The molecule has 2 heterocycles. The molecule has 4 aliphatic rings. The maximum Gasteiger partial charge on any atom is 0.317 e. The summed E-state index contributed by atoms with van der Waals surface area (Å²) in [5.41, 5.74) is -1.03. The maximum absolute atomic E-state index is 13.0. The van der Waals surface area contributed by atoms with Crippen LogP contribution in [-0.2, 0) is 38.1 Å². The van der Waals surface area contributed by atoms with E-state index < -0.39 is 47.0 Å². The summed E-state index contributed by atoms with van der Waals surface area (Å²) in [6, 6.07) is 0. The van der Waals surface area contributed by atoms with Crippen LogP contribution < -0.4 is 0 Å². The van der Waals surface area contributed by atoms with Crippen LogP contribution in [0.2, 0.25) is 0 Å². The summed E-state index contributed by atoms with van der Waals surface area (Å²) in [4.78, 5) is 50.3. The third kappa shape index (κ3) is 4.61. The van der Waals surface area contributed by atoms with Crippen LogP contribution in [-0.4, -0.2) is 55.1 Å². The molecule has 0 radical (unpaired) electrons. The van der Waals surface area contributed by atoms with E-state index in [0.717, 1.165) is 25.7 Å². The van der Waals surface area contributed by atoms with E-state index in [9.17, 15) is 24.3 Å². The highest BCUT2D eigenvalue weighted by molar-refractivity contribution is 5.97. The molecule has 0 aromatic heterocycles. The summed E-state index contributed by atoms with van der Waals surface area (Å²) in [5.74, 6) is -4.59. The van der Waals surface area contributed by atoms with Crippen molar-refractivity contribution in [2.24, 2.45) is 46.8 Å². The third-order valence-electron chi connectivity index (χ3n) is 8.69. The molecule has 1 N–H and O–H groups in total. The van der Waals surface area contributed by atoms with Gasteiger partial charge < -0.3 is 24.1 Å². The van der Waals surface area contributed by atoms with Gasteiger partial charge in [0.2, 0.25) is 0 Å². The fourth-order valence-electron chi connectivity index (χ4n) is 6.89. The molecule has 2 aliphatic carbocycles. The number of rotatable bonds is 8. The van der Waals surface area contributed by atoms with Crippen molar-refractivity contribution in [3.05, 3.63) is 0 Å². The number of hydrogen-bond donors (Lipinski definition) is 1. The summed E-state index contributed by atoms with van der Waals surface area (Å²) in [5, 5.41) is 9.66. The number of cyclic esters (lactones) is 2. The van der Waals surface area contributed by atoms with Crippen molar-refractivity contribution in [1.29, 1.82) is 0 Å². The number of hydrogen-bond acceptors (Lipinski definition) is 8. The molecule has 4 fully saturated rings. The number of methoxy groups -OCH3 is 1. The molecule has 2 saturated heterocycles. The number of carbonyl (C=O) groups is 4. The van der Waals surface area contributed by atoms with E-state index in [1.165, 1.54) is 0 Å². The number of fused-ring (bicyclic) bond motifs is 2. The number of esters is 3. The molecule has 2 bridgehead atoms. The van der Waals surface area contributed by atoms with Crippen LogP contribution in [0.25, 0.3) is 0 Å². The second-order valence-corrected chi connectivity index (χ2v) is 11.2. The van der Waals surface area contributed by atoms with Gasteiger partial charge in [-0.15, -0.1) is 0 Å². The minimum absolute atomic E-state index is 0.100. The van der Waals surface area contributed by atoms with E-state index in [-0.39, 0.29) is 49.1 Å². The Morgan fingerprint density at radius 3 is 2.53 bits per heavy atom. The van der Waals surface area contributed by atoms with Crippen molar-refractivity contribution in [2.75, 3.05) is 13.7 Å². The molecule has 9 atom stereocenters. The third-order valence-corrected chi connectivity index (χ3v) is 8.69. The average molecular weight is 481 g/mol. The van der Waals surface area contributed by atoms with E-state index >= 15 is 0 Å². The normalized spacial score (nSPS) is 39.8. The first-order valence-corrected chi connectivity index (χ1v) is 12.4. The van der Waals surface area contributed by atoms with Gasteiger partial charge in [-0.25, -0.2) is 0 Å². The first kappa shape index (κ1) is 25.1. The first-order valence-electron chi connectivity index (χ1n) is 12.4. The molecular weight excluding hydrogens is 444 g/mol. The van der Waals surface area contributed by atoms with Gasteiger partial charge in [0.1, 0.15) is 6.61 Å². The SMILES string of the molecule is COC1CCCC(COC(=O)C(C)(C)CC2C(=O)OC(=O)C2C2C(C)C3CC(C(=O)O)C2C3)O1. The standard InChI is InChI=1S/C25H36O9/c1-12-13-8-15(16(9-13)21(26)27)19(12)20-17(22(28)34-23(20)29)10-25(2,3)24(30)32-11-14-6-5-7-18(31-4)33-14/h12-20H,5-11H2,1-4H3,(H,26,27). The molecule has 9 heteroatoms. The van der Waals surface area contributed by atoms with Gasteiger partial charge in [0.05, 0.1) is 29.3 Å². The molecule has 2 aliphatic heterocycles. The Morgan fingerprint density at radius 1 is 1.15 bits per heavy atom. The lowest BCUT2D eigenvalue weighted by Crippen LogP contribution is -2.42. The van der Waals surface area contributed by atoms with Crippen LogP contribution >= 0.6 is 0 Å². The van der Waals surface area contributed by atoms with Crippen LogP contribution in [0.1, 0.15) is 59.3 Å². The Labute approximate surface area is 199 Å². The molecule has 0 amide bonds. The van der Waals surface area contributed by atoms with Gasteiger partial charge in [-0.2, -0.15) is 0 Å². The van der Waals surface area contributed by atoms with Crippen molar-refractivity contribution < 1.29 is 43.2 Å². The van der Waals surface area contributed by atoms with Gasteiger partial charge in [-0.1, -0.05) is 6.92 Å². The van der Waals surface area contributed by atoms with Gasteiger partial charge >= 0.3 is 23.9 Å². The fraction of sp³-hybridized carbons (Fsp3) is 0.840. The highest BCUT2D eigenvalue weighted by atomic mass is 16.7. The Balaban J connectivity index is 1.43. The summed E-state index contributed by atoms with van der Waals surface area (Å²) in [6.07, 6.45) is 3.41. The van der Waals surface area contributed by atoms with E-state index in [1.54, 1.807) is 21.0 Å². The Hall–Kier alpha value is -2.00. The zero-order chi connectivity index (χ0) is 24.8. The van der Waals surface area contributed by atoms with Crippen molar-refractivity contribution in [3.63, 3.8) is 0 Å². The maximum atomic E-state index is 13.0. The molecule has 9 unspecified atom stereocenters. The van der Waals surface area contributed by atoms with Crippen molar-refractivity contribution >= 4 is 23.9 Å². The smallest absolute Gasteiger partial charge is 0.317 e. The Morgan fingerprint density at radius 2 is 1.88 bits per heavy atom. The largest absolute Gasteiger partial charge is 0.481 e. The number of carbonyl (C=O) groups excluding carboxylic acids is 3. The van der Waals surface area contributed by atoms with Crippen molar-refractivity contribution in [2.45, 2.75) is 71.7 Å². The predicted octanol–water partition coefficient (Wildman–Crippen LogP) is 2.80. The number of carboxylic acid groups (broad SMARTS) is 1. The molecule has 9 nitrogen and oxygen atoms in total. The van der Waals surface area contributed by atoms with E-state index in [1.807, 2.05) is 6.92 Å². The second-order valence-electron chi connectivity index (χ2n) is 11.2. The molecule has 0 spiro atoms. The molecule has 2 saturated carbocycles. The summed E-state index contributed by atoms with van der Waals surface area (Å²) in [7, 11) is 1.58. The summed E-state index contributed by atoms with van der Waals surface area (Å²) < 4.78 is 21.6. The molecule has 34 heavy (non-hydrogen) atoms. The summed E-state index contributed by atoms with van der Waals surface area (Å²) in [6.45, 7) is 5.54. The van der Waals surface area contributed by atoms with E-state index in [4.69, 9.17) is 18.9 Å². The van der Waals surface area contributed by atoms with Gasteiger partial charge in [-0.3, -0.25) is 19.2 Å². The Kier molecular flexibility index (Phi) is 7.06. The zero-order valence-corrected chi connectivity index (χ0v) is 20.4. The predicted molar refractivity (Wildman–Crippen MR) is 117 cm³/mol. The molecular formula is C25H36O9. The second kappa shape index (κ2) is 9.57. The monoisotopic (exact) mass is 480 g/mol. The first-order chi connectivity index (χ1) is 16.0. The molecule has 0 aromatic carbocycles. The average Bonchev–Trinajstić information content (AvgIpc) is 3.43. The number of ether oxygens (including phenoxy) is 4. The zero-order valence-electron chi connectivity index (χ0n) is 20.4. The lowest BCUT2D eigenvalue weighted by molar-refractivity contribution is -0.197. The minimum Gasteiger partial charge on any atom is -0.481 e. The van der Waals surface area contributed by atoms with Crippen molar-refractivity contribution in [1.82, 2.24) is 0 Å². The van der Waals surface area contributed by atoms with E-state index in [2.05, 4.69) is 0 Å². The lowest BCUT2D eigenvalue weighted by Gasteiger charge is -2.37. The van der Waals surface area contributed by atoms with Crippen LogP contribution in [0, 0.1) is 46.8 Å². The van der Waals surface area contributed by atoms with Crippen LogP contribution in [0.5, 0.6) is 0 Å². The van der Waals surface area contributed by atoms with Crippen LogP contribution in [0.3, 0.4) is 0 Å². The van der Waals surface area contributed by atoms with Crippen LogP contribution in [0.4, 0.5) is 0 Å². The van der Waals surface area contributed by atoms with Gasteiger partial charge in [0.15, 0.2) is 6.29 Å². The van der Waals surface area contributed by atoms with Gasteiger partial charge in [0.25, 0.3) is 0 Å². The number of carboxylic acids is 1. The summed E-state index contributed by atoms with van der Waals surface area (Å²) >= 11 is 0. The topological polar surface area (TPSA) is 125 Å². The quantitative estimate of drug-likeness (QED) is 0.412. The van der Waals surface area contributed by atoms with E-state index in [0.29, 0.717) is 6.42 Å². The van der Waals surface area contributed by atoms with Gasteiger partial charge in [0, 0.05) is 7.11 Å². The highest BCUT2D eigenvalue weighted by Crippen LogP contribution is 2.60.